The second-order valence-electron chi connectivity index (χ2n) is 2.96. The van der Waals surface area contributed by atoms with E-state index in [1.165, 1.54) is 6.42 Å². The van der Waals surface area contributed by atoms with E-state index in [1.807, 2.05) is 0 Å². The summed E-state index contributed by atoms with van der Waals surface area (Å²) in [6.45, 7) is 1.62. The Morgan fingerprint density at radius 2 is 2.33 bits per heavy atom. The van der Waals surface area contributed by atoms with Crippen LogP contribution in [-0.2, 0) is 6.67 Å². The number of halogens is 1. The topological polar surface area (TPSA) is 16.1 Å². The normalized spacial score (nSPS) is 15.9. The van der Waals surface area contributed by atoms with Gasteiger partial charge in [-0.25, -0.2) is 9.37 Å². The van der Waals surface area contributed by atoms with Gasteiger partial charge in [-0.05, 0) is 12.5 Å². The molecule has 0 spiro atoms. The standard InChI is InChI=1S/C9H11FN2/c10-7-8-3-1-4-11-9(8)12-5-2-6-12/h1,3-4H,2,5-7H2. The van der Waals surface area contributed by atoms with Gasteiger partial charge in [-0.1, -0.05) is 6.07 Å². The average Bonchev–Trinajstić information content (AvgIpc) is 2.02. The van der Waals surface area contributed by atoms with Gasteiger partial charge in [-0.15, -0.1) is 0 Å². The first-order valence-corrected chi connectivity index (χ1v) is 4.16. The third-order valence-electron chi connectivity index (χ3n) is 2.17. The van der Waals surface area contributed by atoms with Crippen LogP contribution in [0.2, 0.25) is 0 Å². The Balaban J connectivity index is 2.27. The summed E-state index contributed by atoms with van der Waals surface area (Å²) in [7, 11) is 0. The van der Waals surface area contributed by atoms with Crippen molar-refractivity contribution in [3.05, 3.63) is 23.9 Å². The molecule has 1 saturated heterocycles. The zero-order chi connectivity index (χ0) is 8.39. The number of anilines is 1. The van der Waals surface area contributed by atoms with Crippen LogP contribution in [0, 0.1) is 0 Å². The van der Waals surface area contributed by atoms with Crippen molar-refractivity contribution in [1.29, 1.82) is 0 Å². The van der Waals surface area contributed by atoms with Gasteiger partial charge >= 0.3 is 0 Å². The number of nitrogens with zero attached hydrogens (tertiary/aromatic N) is 2. The first-order valence-electron chi connectivity index (χ1n) is 4.16. The highest BCUT2D eigenvalue weighted by atomic mass is 19.1. The summed E-state index contributed by atoms with van der Waals surface area (Å²) in [6.07, 6.45) is 2.91. The van der Waals surface area contributed by atoms with Crippen molar-refractivity contribution in [3.63, 3.8) is 0 Å². The fraction of sp³-hybridized carbons (Fsp3) is 0.444. The Hall–Kier alpha value is -1.12. The minimum absolute atomic E-state index is 0.417. The predicted molar refractivity (Wildman–Crippen MR) is 45.9 cm³/mol. The monoisotopic (exact) mass is 166 g/mol. The fourth-order valence-corrected chi connectivity index (χ4v) is 1.35. The zero-order valence-electron chi connectivity index (χ0n) is 6.83. The van der Waals surface area contributed by atoms with Crippen molar-refractivity contribution >= 4 is 5.82 Å². The molecule has 0 amide bonds. The van der Waals surface area contributed by atoms with E-state index in [0.29, 0.717) is 5.56 Å². The molecule has 0 radical (unpaired) electrons. The largest absolute Gasteiger partial charge is 0.356 e. The highest BCUT2D eigenvalue weighted by Crippen LogP contribution is 2.22. The molecule has 2 nitrogen and oxygen atoms in total. The van der Waals surface area contributed by atoms with Gasteiger partial charge in [0, 0.05) is 24.8 Å². The molecule has 0 unspecified atom stereocenters. The van der Waals surface area contributed by atoms with Crippen molar-refractivity contribution in [2.45, 2.75) is 13.1 Å². The summed E-state index contributed by atoms with van der Waals surface area (Å²) >= 11 is 0. The van der Waals surface area contributed by atoms with Gasteiger partial charge in [0.15, 0.2) is 0 Å². The summed E-state index contributed by atoms with van der Waals surface area (Å²) in [5, 5.41) is 0. The first kappa shape index (κ1) is 7.53. The molecule has 1 aliphatic heterocycles. The van der Waals surface area contributed by atoms with Crippen LogP contribution in [0.4, 0.5) is 10.2 Å². The summed E-state index contributed by atoms with van der Waals surface area (Å²) in [5.74, 6) is 0.825. The molecule has 0 aromatic carbocycles. The molecule has 12 heavy (non-hydrogen) atoms. The Bertz CT molecular complexity index is 271. The predicted octanol–water partition coefficient (Wildman–Crippen LogP) is 1.76. The van der Waals surface area contributed by atoms with Crippen LogP contribution in [0.5, 0.6) is 0 Å². The first-order chi connectivity index (χ1) is 5.92. The van der Waals surface area contributed by atoms with Crippen molar-refractivity contribution in [2.75, 3.05) is 18.0 Å². The van der Waals surface area contributed by atoms with Crippen LogP contribution >= 0.6 is 0 Å². The third kappa shape index (κ3) is 1.15. The maximum absolute atomic E-state index is 12.4. The SMILES string of the molecule is FCc1cccnc1N1CCC1. The minimum Gasteiger partial charge on any atom is -0.356 e. The summed E-state index contributed by atoms with van der Waals surface area (Å²) in [5.41, 5.74) is 0.706. The molecule has 1 fully saturated rings. The van der Waals surface area contributed by atoms with Crippen LogP contribution in [0.15, 0.2) is 18.3 Å². The van der Waals surface area contributed by atoms with E-state index in [2.05, 4.69) is 9.88 Å². The van der Waals surface area contributed by atoms with Crippen LogP contribution in [0.25, 0.3) is 0 Å². The number of hydrogen-bond donors (Lipinski definition) is 0. The van der Waals surface area contributed by atoms with Crippen LogP contribution in [-0.4, -0.2) is 18.1 Å². The lowest BCUT2D eigenvalue weighted by molar-refractivity contribution is 0.480. The number of rotatable bonds is 2. The van der Waals surface area contributed by atoms with Gasteiger partial charge in [0.05, 0.1) is 0 Å². The molecule has 0 saturated carbocycles. The van der Waals surface area contributed by atoms with Gasteiger partial charge in [0.2, 0.25) is 0 Å². The maximum atomic E-state index is 12.4. The lowest BCUT2D eigenvalue weighted by Crippen LogP contribution is -2.38. The van der Waals surface area contributed by atoms with Crippen molar-refractivity contribution in [3.8, 4) is 0 Å². The number of aromatic nitrogens is 1. The van der Waals surface area contributed by atoms with Crippen LogP contribution < -0.4 is 4.90 Å². The van der Waals surface area contributed by atoms with Crippen molar-refractivity contribution in [1.82, 2.24) is 4.98 Å². The summed E-state index contributed by atoms with van der Waals surface area (Å²) in [6, 6.07) is 3.57. The van der Waals surface area contributed by atoms with E-state index in [1.54, 1.807) is 18.3 Å². The van der Waals surface area contributed by atoms with E-state index in [9.17, 15) is 4.39 Å². The summed E-state index contributed by atoms with van der Waals surface area (Å²) < 4.78 is 12.4. The fourth-order valence-electron chi connectivity index (χ4n) is 1.35. The van der Waals surface area contributed by atoms with E-state index < -0.39 is 6.67 Å². The Kier molecular flexibility index (Phi) is 1.94. The molecule has 2 heterocycles. The van der Waals surface area contributed by atoms with E-state index in [4.69, 9.17) is 0 Å². The van der Waals surface area contributed by atoms with Crippen molar-refractivity contribution in [2.24, 2.45) is 0 Å². The maximum Gasteiger partial charge on any atom is 0.134 e. The van der Waals surface area contributed by atoms with E-state index >= 15 is 0 Å². The number of alkyl halides is 1. The van der Waals surface area contributed by atoms with E-state index in [0.717, 1.165) is 18.9 Å². The molecule has 0 N–H and O–H groups in total. The van der Waals surface area contributed by atoms with Gasteiger partial charge in [0.1, 0.15) is 12.5 Å². The Morgan fingerprint density at radius 3 is 2.92 bits per heavy atom. The molecule has 0 bridgehead atoms. The quantitative estimate of drug-likeness (QED) is 0.665. The molecule has 1 aromatic rings. The van der Waals surface area contributed by atoms with Crippen molar-refractivity contribution < 1.29 is 4.39 Å². The lowest BCUT2D eigenvalue weighted by Gasteiger charge is -2.33. The molecular weight excluding hydrogens is 155 g/mol. The van der Waals surface area contributed by atoms with Gasteiger partial charge in [-0.2, -0.15) is 0 Å². The third-order valence-corrected chi connectivity index (χ3v) is 2.17. The Morgan fingerprint density at radius 1 is 1.50 bits per heavy atom. The molecule has 0 aliphatic carbocycles. The molecule has 1 aliphatic rings. The second-order valence-corrected chi connectivity index (χ2v) is 2.96. The molecule has 64 valence electrons. The van der Waals surface area contributed by atoms with Gasteiger partial charge in [-0.3, -0.25) is 0 Å². The van der Waals surface area contributed by atoms with Gasteiger partial charge < -0.3 is 4.90 Å². The zero-order valence-corrected chi connectivity index (χ0v) is 6.83. The highest BCUT2D eigenvalue weighted by molar-refractivity contribution is 5.47. The van der Waals surface area contributed by atoms with Crippen LogP contribution in [0.1, 0.15) is 12.0 Å². The molecule has 0 atom stereocenters. The minimum atomic E-state index is -0.417. The van der Waals surface area contributed by atoms with Gasteiger partial charge in [0.25, 0.3) is 0 Å². The smallest absolute Gasteiger partial charge is 0.134 e. The molecule has 1 aromatic heterocycles. The van der Waals surface area contributed by atoms with Crippen LogP contribution in [0.3, 0.4) is 0 Å². The molecular formula is C9H11FN2. The number of pyridine rings is 1. The van der Waals surface area contributed by atoms with E-state index in [-0.39, 0.29) is 0 Å². The lowest BCUT2D eigenvalue weighted by atomic mass is 10.2. The number of hydrogen-bond acceptors (Lipinski definition) is 2. The highest BCUT2D eigenvalue weighted by Gasteiger charge is 2.18. The molecule has 2 rings (SSSR count). The molecule has 3 heteroatoms. The average molecular weight is 166 g/mol. The Labute approximate surface area is 71.0 Å². The second kappa shape index (κ2) is 3.09. The summed E-state index contributed by atoms with van der Waals surface area (Å²) in [4.78, 5) is 6.26.